The molecule has 1 aromatic heterocycles. The van der Waals surface area contributed by atoms with Crippen molar-refractivity contribution in [1.29, 1.82) is 0 Å². The summed E-state index contributed by atoms with van der Waals surface area (Å²) in [5, 5.41) is 9.38. The highest BCUT2D eigenvalue weighted by Crippen LogP contribution is 2.24. The van der Waals surface area contributed by atoms with Crippen LogP contribution in [0.4, 0.5) is 0 Å². The lowest BCUT2D eigenvalue weighted by Crippen LogP contribution is -2.10. The second-order valence-corrected chi connectivity index (χ2v) is 7.31. The predicted molar refractivity (Wildman–Crippen MR) is 105 cm³/mol. The molecule has 0 radical (unpaired) electrons. The van der Waals surface area contributed by atoms with E-state index < -0.39 is 5.97 Å². The fourth-order valence-electron chi connectivity index (χ4n) is 3.53. The third-order valence-electron chi connectivity index (χ3n) is 5.08. The highest BCUT2D eigenvalue weighted by atomic mass is 16.4. The van der Waals surface area contributed by atoms with E-state index in [9.17, 15) is 9.90 Å². The van der Waals surface area contributed by atoms with Gasteiger partial charge in [0.2, 0.25) is 0 Å². The summed E-state index contributed by atoms with van der Waals surface area (Å²) in [5.74, 6) is -0.254. The minimum Gasteiger partial charge on any atom is -0.478 e. The van der Waals surface area contributed by atoms with Crippen LogP contribution < -0.4 is 0 Å². The predicted octanol–water partition coefficient (Wildman–Crippen LogP) is 6.66. The van der Waals surface area contributed by atoms with Crippen LogP contribution in [0.2, 0.25) is 0 Å². The number of aromatic carboxylic acids is 1. The molecule has 1 atom stereocenters. The van der Waals surface area contributed by atoms with Gasteiger partial charge < -0.3 is 5.11 Å². The second kappa shape index (κ2) is 13.9. The van der Waals surface area contributed by atoms with Crippen LogP contribution in [0.1, 0.15) is 107 Å². The van der Waals surface area contributed by atoms with Crippen LogP contribution in [0.5, 0.6) is 0 Å². The molecule has 0 aromatic carbocycles. The molecule has 0 aliphatic carbocycles. The normalized spacial score (nSPS) is 12.2. The number of carboxylic acid groups (broad SMARTS) is 1. The lowest BCUT2D eigenvalue weighted by Gasteiger charge is -2.18. The minimum atomic E-state index is -0.854. The standard InChI is InChI=1S/C22H37NO2/c1-3-5-7-9-10-12-14-19(13-11-8-6-4-2)17-20-15-16-23-18-21(20)22(24)25/h15-16,18-19H,3-14,17H2,1-2H3,(H,24,25). The quantitative estimate of drug-likeness (QED) is 0.361. The first-order valence-corrected chi connectivity index (χ1v) is 10.3. The maximum Gasteiger partial charge on any atom is 0.337 e. The van der Waals surface area contributed by atoms with E-state index in [1.54, 1.807) is 6.20 Å². The van der Waals surface area contributed by atoms with Crippen molar-refractivity contribution in [1.82, 2.24) is 4.98 Å². The summed E-state index contributed by atoms with van der Waals surface area (Å²) < 4.78 is 0. The van der Waals surface area contributed by atoms with Crippen molar-refractivity contribution in [3.63, 3.8) is 0 Å². The van der Waals surface area contributed by atoms with Crippen molar-refractivity contribution in [2.24, 2.45) is 5.92 Å². The van der Waals surface area contributed by atoms with E-state index >= 15 is 0 Å². The van der Waals surface area contributed by atoms with E-state index in [-0.39, 0.29) is 0 Å². The first-order valence-electron chi connectivity index (χ1n) is 10.3. The number of hydrogen-bond donors (Lipinski definition) is 1. The Morgan fingerprint density at radius 1 is 0.960 bits per heavy atom. The van der Waals surface area contributed by atoms with Gasteiger partial charge in [-0.05, 0) is 24.0 Å². The van der Waals surface area contributed by atoms with Crippen molar-refractivity contribution in [2.75, 3.05) is 0 Å². The zero-order valence-electron chi connectivity index (χ0n) is 16.3. The van der Waals surface area contributed by atoms with E-state index in [4.69, 9.17) is 0 Å². The number of unbranched alkanes of at least 4 members (excludes halogenated alkanes) is 8. The Bertz CT molecular complexity index is 473. The lowest BCUT2D eigenvalue weighted by molar-refractivity contribution is 0.0695. The third kappa shape index (κ3) is 9.62. The molecule has 0 aliphatic rings. The molecule has 3 nitrogen and oxygen atoms in total. The number of hydrogen-bond acceptors (Lipinski definition) is 2. The van der Waals surface area contributed by atoms with Crippen LogP contribution in [0.25, 0.3) is 0 Å². The van der Waals surface area contributed by atoms with Gasteiger partial charge in [-0.2, -0.15) is 0 Å². The molecule has 1 rings (SSSR count). The molecule has 142 valence electrons. The van der Waals surface area contributed by atoms with Crippen molar-refractivity contribution in [3.05, 3.63) is 29.6 Å². The molecule has 25 heavy (non-hydrogen) atoms. The smallest absolute Gasteiger partial charge is 0.337 e. The average Bonchev–Trinajstić information content (AvgIpc) is 2.61. The second-order valence-electron chi connectivity index (χ2n) is 7.31. The molecule has 0 aliphatic heterocycles. The van der Waals surface area contributed by atoms with E-state index in [1.165, 1.54) is 83.2 Å². The molecule has 0 fully saturated rings. The Labute approximate surface area is 154 Å². The van der Waals surface area contributed by atoms with E-state index in [0.717, 1.165) is 12.0 Å². The zero-order chi connectivity index (χ0) is 18.3. The van der Waals surface area contributed by atoms with Crippen molar-refractivity contribution in [3.8, 4) is 0 Å². The summed E-state index contributed by atoms with van der Waals surface area (Å²) in [7, 11) is 0. The average molecular weight is 348 g/mol. The lowest BCUT2D eigenvalue weighted by atomic mass is 9.88. The number of nitrogens with zero attached hydrogens (tertiary/aromatic N) is 1. The topological polar surface area (TPSA) is 50.2 Å². The summed E-state index contributed by atoms with van der Waals surface area (Å²) >= 11 is 0. The number of carboxylic acids is 1. The maximum absolute atomic E-state index is 11.4. The van der Waals surface area contributed by atoms with Crippen LogP contribution in [-0.4, -0.2) is 16.1 Å². The molecule has 0 spiro atoms. The zero-order valence-corrected chi connectivity index (χ0v) is 16.3. The van der Waals surface area contributed by atoms with Gasteiger partial charge in [0.1, 0.15) is 0 Å². The molecular formula is C22H37NO2. The first kappa shape index (κ1) is 21.7. The van der Waals surface area contributed by atoms with Gasteiger partial charge >= 0.3 is 5.97 Å². The fraction of sp³-hybridized carbons (Fsp3) is 0.727. The molecule has 0 saturated carbocycles. The minimum absolute atomic E-state index is 0.379. The van der Waals surface area contributed by atoms with E-state index in [0.29, 0.717) is 11.5 Å². The summed E-state index contributed by atoms with van der Waals surface area (Å²) in [6.45, 7) is 4.49. The SMILES string of the molecule is CCCCCCCCC(CCCCCC)Cc1ccncc1C(=O)O. The van der Waals surface area contributed by atoms with Gasteiger partial charge in [-0.3, -0.25) is 4.98 Å². The van der Waals surface area contributed by atoms with E-state index in [1.807, 2.05) is 6.07 Å². The van der Waals surface area contributed by atoms with Crippen LogP contribution in [0.3, 0.4) is 0 Å². The number of rotatable bonds is 15. The van der Waals surface area contributed by atoms with Gasteiger partial charge in [0.05, 0.1) is 5.56 Å². The molecule has 0 bridgehead atoms. The highest BCUT2D eigenvalue weighted by Gasteiger charge is 2.15. The molecule has 3 heteroatoms. The Kier molecular flexibility index (Phi) is 12.0. The highest BCUT2D eigenvalue weighted by molar-refractivity contribution is 5.88. The van der Waals surface area contributed by atoms with Crippen molar-refractivity contribution >= 4 is 5.97 Å². The van der Waals surface area contributed by atoms with E-state index in [2.05, 4.69) is 18.8 Å². The number of aromatic nitrogens is 1. The van der Waals surface area contributed by atoms with Gasteiger partial charge in [0, 0.05) is 12.4 Å². The number of carbonyl (C=O) groups is 1. The Morgan fingerprint density at radius 2 is 1.52 bits per heavy atom. The van der Waals surface area contributed by atoms with Crippen LogP contribution in [0.15, 0.2) is 18.5 Å². The van der Waals surface area contributed by atoms with Gasteiger partial charge in [-0.15, -0.1) is 0 Å². The molecular weight excluding hydrogens is 310 g/mol. The van der Waals surface area contributed by atoms with Gasteiger partial charge in [0.25, 0.3) is 0 Å². The van der Waals surface area contributed by atoms with Crippen LogP contribution in [-0.2, 0) is 6.42 Å². The maximum atomic E-state index is 11.4. The summed E-state index contributed by atoms with van der Waals surface area (Å²) in [6.07, 6.45) is 19.6. The van der Waals surface area contributed by atoms with Gasteiger partial charge in [0.15, 0.2) is 0 Å². The third-order valence-corrected chi connectivity index (χ3v) is 5.08. The fourth-order valence-corrected chi connectivity index (χ4v) is 3.53. The molecule has 1 unspecified atom stereocenters. The summed E-state index contributed by atoms with van der Waals surface area (Å²) in [5.41, 5.74) is 1.33. The Balaban J connectivity index is 2.53. The van der Waals surface area contributed by atoms with Gasteiger partial charge in [-0.1, -0.05) is 90.9 Å². The molecule has 1 N–H and O–H groups in total. The van der Waals surface area contributed by atoms with Crippen molar-refractivity contribution in [2.45, 2.75) is 97.3 Å². The largest absolute Gasteiger partial charge is 0.478 e. The van der Waals surface area contributed by atoms with Gasteiger partial charge in [-0.25, -0.2) is 4.79 Å². The Hall–Kier alpha value is -1.38. The molecule has 1 heterocycles. The van der Waals surface area contributed by atoms with Crippen molar-refractivity contribution < 1.29 is 9.90 Å². The molecule has 1 aromatic rings. The number of pyridine rings is 1. The summed E-state index contributed by atoms with van der Waals surface area (Å²) in [6, 6.07) is 1.89. The molecule has 0 saturated heterocycles. The Morgan fingerprint density at radius 3 is 2.12 bits per heavy atom. The first-order chi connectivity index (χ1) is 12.2. The monoisotopic (exact) mass is 347 g/mol. The molecule has 0 amide bonds. The van der Waals surface area contributed by atoms with Crippen LogP contribution in [0, 0.1) is 5.92 Å². The van der Waals surface area contributed by atoms with Crippen LogP contribution >= 0.6 is 0 Å². The summed E-state index contributed by atoms with van der Waals surface area (Å²) in [4.78, 5) is 15.4.